The topological polar surface area (TPSA) is 84.4 Å². The van der Waals surface area contributed by atoms with Gasteiger partial charge in [0.2, 0.25) is 0 Å². The highest BCUT2D eigenvalue weighted by molar-refractivity contribution is 5.81. The Bertz CT molecular complexity index is 862. The molecule has 3 aromatic rings. The van der Waals surface area contributed by atoms with Gasteiger partial charge in [0.05, 0.1) is 0 Å². The summed E-state index contributed by atoms with van der Waals surface area (Å²) in [5.74, 6) is -0.354. The van der Waals surface area contributed by atoms with Crippen LogP contribution in [0.15, 0.2) is 48.8 Å². The Morgan fingerprint density at radius 1 is 1.35 bits per heavy atom. The molecule has 0 aliphatic rings. The van der Waals surface area contributed by atoms with E-state index in [2.05, 4.69) is 4.98 Å². The smallest absolute Gasteiger partial charge is 0.340 e. The average Bonchev–Trinajstić information content (AvgIpc) is 2.87. The Kier molecular flexibility index (Phi) is 3.94. The second kappa shape index (κ2) is 6.05. The van der Waals surface area contributed by atoms with Crippen LogP contribution >= 0.6 is 0 Å². The van der Waals surface area contributed by atoms with Crippen LogP contribution in [0.4, 0.5) is 9.18 Å². The Balaban J connectivity index is 2.05. The lowest BCUT2D eigenvalue weighted by Gasteiger charge is -2.17. The van der Waals surface area contributed by atoms with Crippen LogP contribution < -0.4 is 5.73 Å². The number of fused-ring (bicyclic) bond motifs is 1. The lowest BCUT2D eigenvalue weighted by molar-refractivity contribution is -0.0639. The number of rotatable bonds is 4. The SMILES string of the molecule is NC(=O)N(O)Cn1c(Cc2cnccc2F)cc2ccccc21. The number of aromatic nitrogens is 2. The summed E-state index contributed by atoms with van der Waals surface area (Å²) in [6.45, 7) is -0.139. The minimum Gasteiger partial charge on any atom is -0.350 e. The molecular weight excluding hydrogens is 299 g/mol. The third-order valence-electron chi connectivity index (χ3n) is 3.64. The van der Waals surface area contributed by atoms with Crippen LogP contribution in [0.3, 0.4) is 0 Å². The molecule has 118 valence electrons. The molecule has 3 N–H and O–H groups in total. The number of para-hydroxylation sites is 1. The van der Waals surface area contributed by atoms with Crippen molar-refractivity contribution >= 4 is 16.9 Å². The molecule has 0 aliphatic carbocycles. The van der Waals surface area contributed by atoms with Crippen LogP contribution in [-0.4, -0.2) is 25.9 Å². The Hall–Kier alpha value is -2.93. The predicted octanol–water partition coefficient (Wildman–Crippen LogP) is 2.49. The van der Waals surface area contributed by atoms with Crippen molar-refractivity contribution in [2.24, 2.45) is 5.73 Å². The van der Waals surface area contributed by atoms with Gasteiger partial charge >= 0.3 is 6.03 Å². The van der Waals surface area contributed by atoms with E-state index >= 15 is 0 Å². The van der Waals surface area contributed by atoms with Crippen LogP contribution in [-0.2, 0) is 13.1 Å². The average molecular weight is 314 g/mol. The van der Waals surface area contributed by atoms with Gasteiger partial charge in [-0.15, -0.1) is 0 Å². The van der Waals surface area contributed by atoms with Crippen molar-refractivity contribution in [2.45, 2.75) is 13.1 Å². The minimum atomic E-state index is -0.957. The number of hydrogen-bond acceptors (Lipinski definition) is 3. The van der Waals surface area contributed by atoms with Crippen molar-refractivity contribution in [3.05, 3.63) is 65.9 Å². The highest BCUT2D eigenvalue weighted by Gasteiger charge is 2.15. The third-order valence-corrected chi connectivity index (χ3v) is 3.64. The quantitative estimate of drug-likeness (QED) is 0.573. The van der Waals surface area contributed by atoms with E-state index in [1.165, 1.54) is 18.5 Å². The third kappa shape index (κ3) is 3.00. The molecule has 2 amide bonds. The molecule has 2 aromatic heterocycles. The highest BCUT2D eigenvalue weighted by Crippen LogP contribution is 2.23. The zero-order chi connectivity index (χ0) is 16.4. The molecule has 6 nitrogen and oxygen atoms in total. The summed E-state index contributed by atoms with van der Waals surface area (Å²) in [4.78, 5) is 15.0. The number of benzene rings is 1. The lowest BCUT2D eigenvalue weighted by atomic mass is 10.1. The van der Waals surface area contributed by atoms with Crippen molar-refractivity contribution in [1.29, 1.82) is 0 Å². The molecule has 0 radical (unpaired) electrons. The number of carbonyl (C=O) groups excluding carboxylic acids is 1. The van der Waals surface area contributed by atoms with E-state index < -0.39 is 6.03 Å². The van der Waals surface area contributed by atoms with Gasteiger partial charge in [-0.3, -0.25) is 10.2 Å². The largest absolute Gasteiger partial charge is 0.350 e. The number of halogens is 1. The standard InChI is InChI=1S/C16H15FN4O2/c17-14-5-6-19-9-12(14)8-13-7-11-3-1-2-4-15(11)20(13)10-21(23)16(18)22/h1-7,9,23H,8,10H2,(H2,18,22). The molecule has 23 heavy (non-hydrogen) atoms. The number of amides is 2. The zero-order valence-corrected chi connectivity index (χ0v) is 12.2. The first-order valence-corrected chi connectivity index (χ1v) is 6.97. The summed E-state index contributed by atoms with van der Waals surface area (Å²) in [6.07, 6.45) is 3.13. The van der Waals surface area contributed by atoms with Crippen LogP contribution in [0.1, 0.15) is 11.3 Å². The maximum absolute atomic E-state index is 13.9. The van der Waals surface area contributed by atoms with Crippen LogP contribution in [0.2, 0.25) is 0 Å². The molecule has 3 rings (SSSR count). The number of nitrogens with zero attached hydrogens (tertiary/aromatic N) is 3. The summed E-state index contributed by atoms with van der Waals surface area (Å²) in [5, 5.41) is 11.0. The van der Waals surface area contributed by atoms with Gasteiger partial charge in [-0.25, -0.2) is 9.18 Å². The van der Waals surface area contributed by atoms with E-state index in [0.29, 0.717) is 10.6 Å². The first-order valence-electron chi connectivity index (χ1n) is 6.97. The van der Waals surface area contributed by atoms with E-state index in [1.54, 1.807) is 4.57 Å². The van der Waals surface area contributed by atoms with Crippen LogP contribution in [0.5, 0.6) is 0 Å². The van der Waals surface area contributed by atoms with Gasteiger partial charge in [0, 0.05) is 35.6 Å². The Labute approximate surface area is 131 Å². The molecule has 0 atom stereocenters. The summed E-state index contributed by atoms with van der Waals surface area (Å²) in [5.41, 5.74) is 7.05. The maximum atomic E-state index is 13.9. The predicted molar refractivity (Wildman–Crippen MR) is 82.1 cm³/mol. The fourth-order valence-electron chi connectivity index (χ4n) is 2.52. The van der Waals surface area contributed by atoms with Gasteiger partial charge in [0.25, 0.3) is 0 Å². The van der Waals surface area contributed by atoms with Crippen LogP contribution in [0.25, 0.3) is 10.9 Å². The number of primary amides is 1. The molecule has 0 unspecified atom stereocenters. The zero-order valence-electron chi connectivity index (χ0n) is 12.2. The van der Waals surface area contributed by atoms with Crippen molar-refractivity contribution < 1.29 is 14.4 Å². The second-order valence-corrected chi connectivity index (χ2v) is 5.15. The molecule has 0 saturated heterocycles. The molecule has 0 spiro atoms. The van der Waals surface area contributed by atoms with E-state index in [1.807, 2.05) is 30.3 Å². The highest BCUT2D eigenvalue weighted by atomic mass is 19.1. The first-order chi connectivity index (χ1) is 11.1. The van der Waals surface area contributed by atoms with Gasteiger partial charge < -0.3 is 10.3 Å². The number of carbonyl (C=O) groups is 1. The number of hydrogen-bond donors (Lipinski definition) is 2. The number of urea groups is 1. The van der Waals surface area contributed by atoms with E-state index in [4.69, 9.17) is 5.73 Å². The molecule has 0 saturated carbocycles. The van der Waals surface area contributed by atoms with E-state index in [0.717, 1.165) is 16.6 Å². The summed E-state index contributed by atoms with van der Waals surface area (Å²) in [7, 11) is 0. The molecule has 0 fully saturated rings. The van der Waals surface area contributed by atoms with E-state index in [-0.39, 0.29) is 18.9 Å². The van der Waals surface area contributed by atoms with Crippen molar-refractivity contribution in [3.8, 4) is 0 Å². The summed E-state index contributed by atoms with van der Waals surface area (Å²) >= 11 is 0. The summed E-state index contributed by atoms with van der Waals surface area (Å²) in [6, 6.07) is 9.71. The molecular formula is C16H15FN4O2. The second-order valence-electron chi connectivity index (χ2n) is 5.15. The summed E-state index contributed by atoms with van der Waals surface area (Å²) < 4.78 is 15.6. The number of hydroxylamine groups is 2. The van der Waals surface area contributed by atoms with E-state index in [9.17, 15) is 14.4 Å². The van der Waals surface area contributed by atoms with Gasteiger partial charge in [-0.2, -0.15) is 5.06 Å². The molecule has 0 aliphatic heterocycles. The van der Waals surface area contributed by atoms with Gasteiger partial charge in [0.1, 0.15) is 12.5 Å². The molecule has 7 heteroatoms. The van der Waals surface area contributed by atoms with Gasteiger partial charge in [0.15, 0.2) is 0 Å². The Morgan fingerprint density at radius 2 is 2.13 bits per heavy atom. The fraction of sp³-hybridized carbons (Fsp3) is 0.125. The molecule has 1 aromatic carbocycles. The monoisotopic (exact) mass is 314 g/mol. The first kappa shape index (κ1) is 15.0. The lowest BCUT2D eigenvalue weighted by Crippen LogP contribution is -2.34. The normalized spacial score (nSPS) is 10.9. The van der Waals surface area contributed by atoms with Crippen molar-refractivity contribution in [3.63, 3.8) is 0 Å². The molecule has 2 heterocycles. The van der Waals surface area contributed by atoms with Crippen molar-refractivity contribution in [1.82, 2.24) is 14.6 Å². The number of nitrogens with two attached hydrogens (primary N) is 1. The minimum absolute atomic E-state index is 0.139. The Morgan fingerprint density at radius 3 is 2.87 bits per heavy atom. The maximum Gasteiger partial charge on any atom is 0.340 e. The van der Waals surface area contributed by atoms with Gasteiger partial charge in [-0.05, 0) is 23.6 Å². The fourth-order valence-corrected chi connectivity index (χ4v) is 2.52. The van der Waals surface area contributed by atoms with Gasteiger partial charge in [-0.1, -0.05) is 18.2 Å². The molecule has 0 bridgehead atoms. The number of pyridine rings is 1. The van der Waals surface area contributed by atoms with Crippen molar-refractivity contribution in [2.75, 3.05) is 0 Å². The van der Waals surface area contributed by atoms with Crippen LogP contribution in [0, 0.1) is 5.82 Å².